The summed E-state index contributed by atoms with van der Waals surface area (Å²) >= 11 is 1.64. The van der Waals surface area contributed by atoms with E-state index >= 15 is 0 Å². The quantitative estimate of drug-likeness (QED) is 0.521. The number of thiophene rings is 1. The lowest BCUT2D eigenvalue weighted by Gasteiger charge is -2.09. The Morgan fingerprint density at radius 2 is 1.88 bits per heavy atom. The van der Waals surface area contributed by atoms with Crippen molar-refractivity contribution in [3.8, 4) is 11.1 Å². The van der Waals surface area contributed by atoms with Crippen LogP contribution in [0.25, 0.3) is 21.3 Å². The van der Waals surface area contributed by atoms with Crippen molar-refractivity contribution in [1.82, 2.24) is 15.0 Å². The average molecular weight is 346 g/mol. The molecular formula is C20H18N4S. The Balaban J connectivity index is 1.80. The fraction of sp³-hybridized carbons (Fsp3) is 0.150. The van der Waals surface area contributed by atoms with Crippen LogP contribution in [0.4, 0.5) is 11.5 Å². The van der Waals surface area contributed by atoms with Gasteiger partial charge in [-0.05, 0) is 29.2 Å². The van der Waals surface area contributed by atoms with Crippen LogP contribution in [0, 0.1) is 0 Å². The number of fused-ring (bicyclic) bond motifs is 1. The molecule has 1 N–H and O–H groups in total. The van der Waals surface area contributed by atoms with Crippen LogP contribution in [0.15, 0.2) is 60.5 Å². The van der Waals surface area contributed by atoms with Crippen LogP contribution in [0.5, 0.6) is 0 Å². The molecule has 0 unspecified atom stereocenters. The first-order valence-corrected chi connectivity index (χ1v) is 9.10. The fourth-order valence-corrected chi connectivity index (χ4v) is 3.72. The smallest absolute Gasteiger partial charge is 0.143 e. The van der Waals surface area contributed by atoms with Crippen LogP contribution >= 0.6 is 11.3 Å². The zero-order valence-electron chi connectivity index (χ0n) is 14.1. The molecule has 25 heavy (non-hydrogen) atoms. The highest BCUT2D eigenvalue weighted by Crippen LogP contribution is 2.37. The molecule has 0 saturated heterocycles. The highest BCUT2D eigenvalue weighted by Gasteiger charge is 2.13. The molecule has 0 atom stereocenters. The monoisotopic (exact) mass is 346 g/mol. The van der Waals surface area contributed by atoms with Crippen molar-refractivity contribution < 1.29 is 0 Å². The highest BCUT2D eigenvalue weighted by atomic mass is 32.1. The third-order valence-electron chi connectivity index (χ3n) is 4.18. The lowest BCUT2D eigenvalue weighted by molar-refractivity contribution is 0.867. The van der Waals surface area contributed by atoms with Crippen LogP contribution in [-0.4, -0.2) is 15.0 Å². The Morgan fingerprint density at radius 3 is 2.60 bits per heavy atom. The van der Waals surface area contributed by atoms with Gasteiger partial charge in [0.05, 0.1) is 17.3 Å². The van der Waals surface area contributed by atoms with Crippen molar-refractivity contribution in [2.24, 2.45) is 0 Å². The van der Waals surface area contributed by atoms with E-state index in [4.69, 9.17) is 0 Å². The van der Waals surface area contributed by atoms with Crippen molar-refractivity contribution in [1.29, 1.82) is 0 Å². The van der Waals surface area contributed by atoms with Crippen molar-refractivity contribution >= 4 is 33.1 Å². The standard InChI is InChI=1S/C20H18N4S/c1-13(2)14-5-7-15(8-6-14)17-11-25-20-18(17)19(22-12-23-20)24-16-4-3-9-21-10-16/h3-13H,1-2H3,(H,22,23,24). The van der Waals surface area contributed by atoms with Gasteiger partial charge in [-0.3, -0.25) is 4.98 Å². The van der Waals surface area contributed by atoms with Crippen molar-refractivity contribution in [3.63, 3.8) is 0 Å². The van der Waals surface area contributed by atoms with Crippen LogP contribution in [0.1, 0.15) is 25.3 Å². The van der Waals surface area contributed by atoms with Crippen LogP contribution in [-0.2, 0) is 0 Å². The van der Waals surface area contributed by atoms with Gasteiger partial charge in [0.15, 0.2) is 0 Å². The average Bonchev–Trinajstić information content (AvgIpc) is 3.08. The Morgan fingerprint density at radius 1 is 1.04 bits per heavy atom. The maximum absolute atomic E-state index is 4.46. The molecule has 0 aliphatic heterocycles. The van der Waals surface area contributed by atoms with Gasteiger partial charge in [0.25, 0.3) is 0 Å². The van der Waals surface area contributed by atoms with Crippen LogP contribution in [0.3, 0.4) is 0 Å². The molecule has 4 nitrogen and oxygen atoms in total. The summed E-state index contributed by atoms with van der Waals surface area (Å²) in [4.78, 5) is 14.0. The van der Waals surface area contributed by atoms with Gasteiger partial charge in [-0.25, -0.2) is 9.97 Å². The SMILES string of the molecule is CC(C)c1ccc(-c2csc3ncnc(Nc4cccnc4)c23)cc1. The number of nitrogens with zero attached hydrogens (tertiary/aromatic N) is 3. The largest absolute Gasteiger partial charge is 0.338 e. The molecule has 0 saturated carbocycles. The van der Waals surface area contributed by atoms with Gasteiger partial charge in [-0.15, -0.1) is 11.3 Å². The van der Waals surface area contributed by atoms with E-state index in [-0.39, 0.29) is 0 Å². The maximum Gasteiger partial charge on any atom is 0.143 e. The number of hydrogen-bond acceptors (Lipinski definition) is 5. The van der Waals surface area contributed by atoms with Gasteiger partial charge in [0, 0.05) is 17.1 Å². The lowest BCUT2D eigenvalue weighted by Crippen LogP contribution is -1.95. The number of rotatable bonds is 4. The Kier molecular flexibility index (Phi) is 4.15. The molecular weight excluding hydrogens is 328 g/mol. The summed E-state index contributed by atoms with van der Waals surface area (Å²) < 4.78 is 0. The fourth-order valence-electron chi connectivity index (χ4n) is 2.80. The molecule has 0 spiro atoms. The van der Waals surface area contributed by atoms with Gasteiger partial charge < -0.3 is 5.32 Å². The Hall–Kier alpha value is -2.79. The number of aromatic nitrogens is 3. The van der Waals surface area contributed by atoms with Gasteiger partial charge in [0.1, 0.15) is 17.0 Å². The first kappa shape index (κ1) is 15.7. The third-order valence-corrected chi connectivity index (χ3v) is 5.07. The number of nitrogens with one attached hydrogen (secondary N) is 1. The van der Waals surface area contributed by atoms with Gasteiger partial charge in [-0.2, -0.15) is 0 Å². The van der Waals surface area contributed by atoms with E-state index in [1.165, 1.54) is 11.1 Å². The molecule has 3 heterocycles. The Bertz CT molecular complexity index is 991. The second-order valence-corrected chi connectivity index (χ2v) is 7.05. The zero-order valence-corrected chi connectivity index (χ0v) is 14.9. The molecule has 0 aliphatic rings. The van der Waals surface area contributed by atoms with Gasteiger partial charge in [0.2, 0.25) is 0 Å². The first-order chi connectivity index (χ1) is 12.2. The van der Waals surface area contributed by atoms with Gasteiger partial charge in [-0.1, -0.05) is 38.1 Å². The minimum Gasteiger partial charge on any atom is -0.338 e. The second-order valence-electron chi connectivity index (χ2n) is 6.20. The van der Waals surface area contributed by atoms with Crippen molar-refractivity contribution in [2.75, 3.05) is 5.32 Å². The predicted octanol–water partition coefficient (Wildman–Crippen LogP) is 5.62. The van der Waals surface area contributed by atoms with E-state index < -0.39 is 0 Å². The predicted molar refractivity (Wildman–Crippen MR) is 104 cm³/mol. The molecule has 3 aromatic heterocycles. The molecule has 4 rings (SSSR count). The number of pyridine rings is 1. The summed E-state index contributed by atoms with van der Waals surface area (Å²) in [7, 11) is 0. The molecule has 5 heteroatoms. The summed E-state index contributed by atoms with van der Waals surface area (Å²) in [5.74, 6) is 1.33. The Labute approximate surface area is 150 Å². The van der Waals surface area contributed by atoms with E-state index in [1.54, 1.807) is 30.1 Å². The number of benzene rings is 1. The molecule has 0 bridgehead atoms. The molecule has 0 amide bonds. The summed E-state index contributed by atoms with van der Waals surface area (Å²) in [6.45, 7) is 4.41. The molecule has 124 valence electrons. The van der Waals surface area contributed by atoms with Crippen molar-refractivity contribution in [3.05, 3.63) is 66.1 Å². The zero-order chi connectivity index (χ0) is 17.2. The maximum atomic E-state index is 4.46. The van der Waals surface area contributed by atoms with E-state index in [0.29, 0.717) is 5.92 Å². The van der Waals surface area contributed by atoms with Crippen molar-refractivity contribution in [2.45, 2.75) is 19.8 Å². The molecule has 0 fully saturated rings. The highest BCUT2D eigenvalue weighted by molar-refractivity contribution is 7.17. The van der Waals surface area contributed by atoms with E-state index in [0.717, 1.165) is 27.3 Å². The summed E-state index contributed by atoms with van der Waals surface area (Å²) in [6, 6.07) is 12.6. The summed E-state index contributed by atoms with van der Waals surface area (Å²) in [6.07, 6.45) is 5.15. The second kappa shape index (κ2) is 6.61. The van der Waals surface area contributed by atoms with Gasteiger partial charge >= 0.3 is 0 Å². The number of hydrogen-bond donors (Lipinski definition) is 1. The summed E-state index contributed by atoms with van der Waals surface area (Å²) in [5.41, 5.74) is 4.59. The minimum absolute atomic E-state index is 0.527. The molecule has 0 aliphatic carbocycles. The van der Waals surface area contributed by atoms with E-state index in [9.17, 15) is 0 Å². The minimum atomic E-state index is 0.527. The van der Waals surface area contributed by atoms with E-state index in [2.05, 4.69) is 63.8 Å². The van der Waals surface area contributed by atoms with E-state index in [1.807, 2.05) is 12.1 Å². The van der Waals surface area contributed by atoms with Crippen LogP contribution < -0.4 is 5.32 Å². The number of anilines is 2. The first-order valence-electron chi connectivity index (χ1n) is 8.22. The molecule has 0 radical (unpaired) electrons. The lowest BCUT2D eigenvalue weighted by atomic mass is 9.99. The van der Waals surface area contributed by atoms with Crippen LogP contribution in [0.2, 0.25) is 0 Å². The normalized spacial score (nSPS) is 11.2. The summed E-state index contributed by atoms with van der Waals surface area (Å²) in [5, 5.41) is 6.57. The molecule has 4 aromatic rings. The third kappa shape index (κ3) is 3.10. The topological polar surface area (TPSA) is 50.7 Å². The molecule has 1 aromatic carbocycles.